The summed E-state index contributed by atoms with van der Waals surface area (Å²) >= 11 is 2.96. The molecule has 1 saturated heterocycles. The van der Waals surface area contributed by atoms with E-state index in [-0.39, 0.29) is 5.91 Å². The lowest BCUT2D eigenvalue weighted by Gasteiger charge is -2.23. The lowest BCUT2D eigenvalue weighted by atomic mass is 10.1. The van der Waals surface area contributed by atoms with E-state index in [1.807, 2.05) is 46.0 Å². The molecule has 1 aliphatic rings. The molecule has 0 spiro atoms. The molecule has 1 aliphatic heterocycles. The molecule has 4 rings (SSSR count). The van der Waals surface area contributed by atoms with Gasteiger partial charge in [-0.25, -0.2) is 4.98 Å². The van der Waals surface area contributed by atoms with Crippen molar-refractivity contribution in [3.63, 3.8) is 0 Å². The third-order valence-electron chi connectivity index (χ3n) is 5.94. The molecule has 0 N–H and O–H groups in total. The van der Waals surface area contributed by atoms with Crippen molar-refractivity contribution in [2.75, 3.05) is 45.3 Å². The monoisotopic (exact) mass is 485 g/mol. The quantitative estimate of drug-likeness (QED) is 0.383. The minimum Gasteiger partial charge on any atom is -0.497 e. The number of anilines is 1. The van der Waals surface area contributed by atoms with Crippen LogP contribution in [-0.4, -0.2) is 56.2 Å². The Morgan fingerprint density at radius 3 is 2.61 bits per heavy atom. The van der Waals surface area contributed by atoms with Crippen LogP contribution >= 0.6 is 22.7 Å². The number of hydrogen-bond donors (Lipinski definition) is 0. The number of likely N-dealkylation sites (tertiary alicyclic amines) is 1. The second-order valence-electron chi connectivity index (χ2n) is 8.13. The molecule has 1 amide bonds. The molecule has 176 valence electrons. The molecule has 0 bridgehead atoms. The van der Waals surface area contributed by atoms with Crippen LogP contribution in [0.4, 0.5) is 5.13 Å². The van der Waals surface area contributed by atoms with Crippen molar-refractivity contribution in [1.82, 2.24) is 9.88 Å². The molecule has 3 heterocycles. The summed E-state index contributed by atoms with van der Waals surface area (Å²) in [5, 5.41) is 4.64. The fraction of sp³-hybridized carbons (Fsp3) is 0.440. The predicted molar refractivity (Wildman–Crippen MR) is 136 cm³/mol. The highest BCUT2D eigenvalue weighted by atomic mass is 32.1. The summed E-state index contributed by atoms with van der Waals surface area (Å²) in [5.41, 5.74) is 1.63. The first kappa shape index (κ1) is 23.7. The highest BCUT2D eigenvalue weighted by Gasteiger charge is 2.23. The van der Waals surface area contributed by atoms with E-state index in [0.717, 1.165) is 53.7 Å². The number of rotatable bonds is 9. The fourth-order valence-electron chi connectivity index (χ4n) is 4.16. The second-order valence-corrected chi connectivity index (χ2v) is 9.91. The highest BCUT2D eigenvalue weighted by molar-refractivity contribution is 7.14. The molecule has 8 heteroatoms. The van der Waals surface area contributed by atoms with Gasteiger partial charge in [0.15, 0.2) is 5.13 Å². The number of amides is 1. The van der Waals surface area contributed by atoms with Crippen molar-refractivity contribution in [3.8, 4) is 22.8 Å². The molecular weight excluding hydrogens is 454 g/mol. The summed E-state index contributed by atoms with van der Waals surface area (Å²) < 4.78 is 10.9. The summed E-state index contributed by atoms with van der Waals surface area (Å²) in [6, 6.07) is 9.46. The number of nitrogens with zero attached hydrogens (tertiary/aromatic N) is 3. The Kier molecular flexibility index (Phi) is 8.36. The number of thiophene rings is 1. The van der Waals surface area contributed by atoms with Gasteiger partial charge in [0.25, 0.3) is 5.91 Å². The number of aromatic nitrogens is 1. The van der Waals surface area contributed by atoms with Crippen molar-refractivity contribution < 1.29 is 14.3 Å². The zero-order valence-corrected chi connectivity index (χ0v) is 20.9. The number of carbonyl (C=O) groups excluding carboxylic acids is 1. The zero-order valence-electron chi connectivity index (χ0n) is 19.3. The fourth-order valence-corrected chi connectivity index (χ4v) is 5.68. The zero-order chi connectivity index (χ0) is 23.0. The van der Waals surface area contributed by atoms with E-state index >= 15 is 0 Å². The van der Waals surface area contributed by atoms with E-state index in [1.165, 1.54) is 48.4 Å². The minimum atomic E-state index is 0.0133. The van der Waals surface area contributed by atoms with Crippen LogP contribution in [-0.2, 0) is 0 Å². The normalized spacial score (nSPS) is 14.6. The van der Waals surface area contributed by atoms with E-state index in [4.69, 9.17) is 14.5 Å². The number of methoxy groups -OCH3 is 2. The summed E-state index contributed by atoms with van der Waals surface area (Å²) in [7, 11) is 3.29. The summed E-state index contributed by atoms with van der Waals surface area (Å²) in [6.07, 6.45) is 6.13. The maximum absolute atomic E-state index is 13.4. The molecule has 1 fully saturated rings. The second kappa shape index (κ2) is 11.6. The number of thiazole rings is 1. The first-order chi connectivity index (χ1) is 16.2. The first-order valence-corrected chi connectivity index (χ1v) is 13.2. The van der Waals surface area contributed by atoms with Gasteiger partial charge in [0.2, 0.25) is 0 Å². The minimum absolute atomic E-state index is 0.0133. The van der Waals surface area contributed by atoms with Crippen LogP contribution in [0.5, 0.6) is 11.5 Å². The van der Waals surface area contributed by atoms with Gasteiger partial charge in [-0.15, -0.1) is 22.7 Å². The Labute approximate surface area is 203 Å². The standard InChI is InChI=1S/C25H31N3O3S2/c1-30-19-10-11-22(31-2)20(17-19)21-18-33-25(26-21)28(24(29)23-9-7-16-32-23)15-8-14-27-12-5-3-4-6-13-27/h7,9-11,16-18H,3-6,8,12-15H2,1-2H3. The van der Waals surface area contributed by atoms with Crippen LogP contribution in [0, 0.1) is 0 Å². The van der Waals surface area contributed by atoms with Gasteiger partial charge in [0, 0.05) is 17.5 Å². The van der Waals surface area contributed by atoms with Crippen molar-refractivity contribution >= 4 is 33.7 Å². The molecule has 0 unspecified atom stereocenters. The van der Waals surface area contributed by atoms with Crippen LogP contribution in [0.3, 0.4) is 0 Å². The molecule has 1 aromatic carbocycles. The van der Waals surface area contributed by atoms with Gasteiger partial charge in [-0.05, 0) is 68.5 Å². The summed E-state index contributed by atoms with van der Waals surface area (Å²) in [5.74, 6) is 1.48. The summed E-state index contributed by atoms with van der Waals surface area (Å²) in [6.45, 7) is 3.98. The van der Waals surface area contributed by atoms with E-state index in [2.05, 4.69) is 4.90 Å². The van der Waals surface area contributed by atoms with E-state index < -0.39 is 0 Å². The maximum Gasteiger partial charge on any atom is 0.270 e. The van der Waals surface area contributed by atoms with E-state index in [9.17, 15) is 4.79 Å². The molecule has 0 radical (unpaired) electrons. The van der Waals surface area contributed by atoms with Crippen molar-refractivity contribution in [1.29, 1.82) is 0 Å². The molecule has 33 heavy (non-hydrogen) atoms. The Bertz CT molecular complexity index is 1030. The van der Waals surface area contributed by atoms with Gasteiger partial charge >= 0.3 is 0 Å². The Balaban J connectivity index is 1.55. The van der Waals surface area contributed by atoms with E-state index in [0.29, 0.717) is 11.7 Å². The number of benzene rings is 1. The van der Waals surface area contributed by atoms with Crippen LogP contribution in [0.1, 0.15) is 41.8 Å². The topological polar surface area (TPSA) is 54.9 Å². The Morgan fingerprint density at radius 2 is 1.91 bits per heavy atom. The number of hydrogen-bond acceptors (Lipinski definition) is 7. The third kappa shape index (κ3) is 5.93. The first-order valence-electron chi connectivity index (χ1n) is 11.4. The average molecular weight is 486 g/mol. The van der Waals surface area contributed by atoms with E-state index in [1.54, 1.807) is 14.2 Å². The molecule has 0 atom stereocenters. The van der Waals surface area contributed by atoms with Gasteiger partial charge in [-0.1, -0.05) is 18.9 Å². The number of ether oxygens (including phenoxy) is 2. The molecule has 2 aromatic heterocycles. The average Bonchev–Trinajstić information content (AvgIpc) is 3.49. The lowest BCUT2D eigenvalue weighted by Crippen LogP contribution is -2.34. The van der Waals surface area contributed by atoms with Crippen molar-refractivity contribution in [3.05, 3.63) is 46.0 Å². The van der Waals surface area contributed by atoms with Crippen LogP contribution in [0.15, 0.2) is 41.1 Å². The molecular formula is C25H31N3O3S2. The third-order valence-corrected chi connectivity index (χ3v) is 7.66. The predicted octanol–water partition coefficient (Wildman–Crippen LogP) is 5.80. The SMILES string of the molecule is COc1ccc(OC)c(-c2csc(N(CCCN3CCCCCC3)C(=O)c3cccs3)n2)c1. The lowest BCUT2D eigenvalue weighted by molar-refractivity contribution is 0.0989. The van der Waals surface area contributed by atoms with Crippen LogP contribution in [0.2, 0.25) is 0 Å². The maximum atomic E-state index is 13.4. The van der Waals surface area contributed by atoms with Crippen LogP contribution < -0.4 is 14.4 Å². The molecule has 0 aliphatic carbocycles. The Hall–Kier alpha value is -2.42. The van der Waals surface area contributed by atoms with Gasteiger partial charge in [0.05, 0.1) is 24.8 Å². The van der Waals surface area contributed by atoms with Gasteiger partial charge in [-0.3, -0.25) is 9.69 Å². The van der Waals surface area contributed by atoms with Gasteiger partial charge in [-0.2, -0.15) is 0 Å². The Morgan fingerprint density at radius 1 is 1.09 bits per heavy atom. The smallest absolute Gasteiger partial charge is 0.270 e. The number of carbonyl (C=O) groups is 1. The van der Waals surface area contributed by atoms with Crippen molar-refractivity contribution in [2.45, 2.75) is 32.1 Å². The largest absolute Gasteiger partial charge is 0.497 e. The molecule has 6 nitrogen and oxygen atoms in total. The highest BCUT2D eigenvalue weighted by Crippen LogP contribution is 2.36. The van der Waals surface area contributed by atoms with Gasteiger partial charge < -0.3 is 14.4 Å². The molecule has 0 saturated carbocycles. The molecule has 3 aromatic rings. The van der Waals surface area contributed by atoms with Gasteiger partial charge in [0.1, 0.15) is 11.5 Å². The summed E-state index contributed by atoms with van der Waals surface area (Å²) in [4.78, 5) is 23.3. The van der Waals surface area contributed by atoms with Crippen LogP contribution in [0.25, 0.3) is 11.3 Å². The van der Waals surface area contributed by atoms with Crippen molar-refractivity contribution in [2.24, 2.45) is 0 Å².